The van der Waals surface area contributed by atoms with Crippen LogP contribution in [0.4, 0.5) is 0 Å². The van der Waals surface area contributed by atoms with E-state index in [-0.39, 0.29) is 18.3 Å². The quantitative estimate of drug-likeness (QED) is 0.603. The Labute approximate surface area is 164 Å². The molecule has 1 atom stereocenters. The SMILES string of the molecule is C/C=C/COC(=O)c1[nH]c2c(c1C)C(=O)CC(c1ccc(OC)c(OC)c1)C2. The molecule has 148 valence electrons. The third-order valence-electron chi connectivity index (χ3n) is 5.12. The fraction of sp³-hybridized carbons (Fsp3) is 0.364. The molecule has 1 unspecified atom stereocenters. The van der Waals surface area contributed by atoms with Gasteiger partial charge >= 0.3 is 5.97 Å². The lowest BCUT2D eigenvalue weighted by molar-refractivity contribution is 0.0542. The van der Waals surface area contributed by atoms with Gasteiger partial charge in [0.05, 0.1) is 14.2 Å². The van der Waals surface area contributed by atoms with Gasteiger partial charge in [-0.3, -0.25) is 4.79 Å². The molecule has 0 aliphatic heterocycles. The number of nitrogens with one attached hydrogen (secondary N) is 1. The van der Waals surface area contributed by atoms with Crippen molar-refractivity contribution in [2.24, 2.45) is 0 Å². The minimum absolute atomic E-state index is 0.00440. The van der Waals surface area contributed by atoms with Crippen molar-refractivity contribution in [2.75, 3.05) is 20.8 Å². The number of allylic oxidation sites excluding steroid dienone is 1. The molecular formula is C22H25NO5. The summed E-state index contributed by atoms with van der Waals surface area (Å²) in [5.41, 5.74) is 3.43. The van der Waals surface area contributed by atoms with E-state index in [1.165, 1.54) is 0 Å². The average molecular weight is 383 g/mol. The van der Waals surface area contributed by atoms with Crippen LogP contribution >= 0.6 is 0 Å². The Morgan fingerprint density at radius 3 is 2.64 bits per heavy atom. The van der Waals surface area contributed by atoms with Crippen molar-refractivity contribution in [3.63, 3.8) is 0 Å². The van der Waals surface area contributed by atoms with E-state index in [0.717, 1.165) is 11.3 Å². The highest BCUT2D eigenvalue weighted by molar-refractivity contribution is 6.03. The summed E-state index contributed by atoms with van der Waals surface area (Å²) in [6, 6.07) is 5.70. The number of H-pyrrole nitrogens is 1. The number of Topliss-reactive ketones (excluding diaryl/α,β-unsaturated/α-hetero) is 1. The van der Waals surface area contributed by atoms with E-state index in [4.69, 9.17) is 14.2 Å². The van der Waals surface area contributed by atoms with Gasteiger partial charge in [-0.05, 0) is 49.4 Å². The van der Waals surface area contributed by atoms with Crippen LogP contribution in [0.1, 0.15) is 56.9 Å². The van der Waals surface area contributed by atoms with E-state index in [1.54, 1.807) is 27.2 Å². The Balaban J connectivity index is 1.88. The Hall–Kier alpha value is -3.02. The standard InChI is InChI=1S/C22H25NO5/c1-5-6-9-28-22(25)21-13(2)20-16(23-21)10-15(11-17(20)24)14-7-8-18(26-3)19(12-14)27-4/h5-8,12,15,23H,9-11H2,1-4H3/b6-5+. The number of carbonyl (C=O) groups excluding carboxylic acids is 2. The summed E-state index contributed by atoms with van der Waals surface area (Å²) < 4.78 is 15.9. The molecule has 6 nitrogen and oxygen atoms in total. The van der Waals surface area contributed by atoms with Gasteiger partial charge in [0.1, 0.15) is 12.3 Å². The molecule has 2 aromatic rings. The number of carbonyl (C=O) groups is 2. The molecule has 0 fully saturated rings. The first-order valence-electron chi connectivity index (χ1n) is 9.25. The molecule has 1 aromatic heterocycles. The van der Waals surface area contributed by atoms with Crippen LogP contribution in [-0.4, -0.2) is 37.6 Å². The fourth-order valence-corrected chi connectivity index (χ4v) is 3.67. The molecule has 0 amide bonds. The van der Waals surface area contributed by atoms with Crippen LogP contribution in [0.5, 0.6) is 11.5 Å². The Morgan fingerprint density at radius 1 is 1.21 bits per heavy atom. The summed E-state index contributed by atoms with van der Waals surface area (Å²) >= 11 is 0. The number of aromatic nitrogens is 1. The second-order valence-corrected chi connectivity index (χ2v) is 6.79. The molecule has 0 saturated heterocycles. The number of ether oxygens (including phenoxy) is 3. The van der Waals surface area contributed by atoms with Crippen molar-refractivity contribution < 1.29 is 23.8 Å². The highest BCUT2D eigenvalue weighted by atomic mass is 16.5. The second kappa shape index (κ2) is 8.33. The predicted molar refractivity (Wildman–Crippen MR) is 106 cm³/mol. The highest BCUT2D eigenvalue weighted by Gasteiger charge is 2.32. The summed E-state index contributed by atoms with van der Waals surface area (Å²) in [5.74, 6) is 0.873. The third-order valence-corrected chi connectivity index (χ3v) is 5.12. The van der Waals surface area contributed by atoms with E-state index >= 15 is 0 Å². The highest BCUT2D eigenvalue weighted by Crippen LogP contribution is 2.38. The number of hydrogen-bond donors (Lipinski definition) is 1. The number of fused-ring (bicyclic) bond motifs is 1. The van der Waals surface area contributed by atoms with Crippen LogP contribution in [-0.2, 0) is 11.2 Å². The van der Waals surface area contributed by atoms with Gasteiger partial charge in [0, 0.05) is 17.7 Å². The van der Waals surface area contributed by atoms with E-state index in [2.05, 4.69) is 4.98 Å². The molecule has 28 heavy (non-hydrogen) atoms. The Kier molecular flexibility index (Phi) is 5.87. The molecule has 1 heterocycles. The lowest BCUT2D eigenvalue weighted by atomic mass is 9.81. The van der Waals surface area contributed by atoms with Gasteiger partial charge in [-0.1, -0.05) is 18.2 Å². The average Bonchev–Trinajstić information content (AvgIpc) is 3.04. The van der Waals surface area contributed by atoms with E-state index < -0.39 is 5.97 Å². The number of ketones is 1. The van der Waals surface area contributed by atoms with Crippen molar-refractivity contribution in [3.8, 4) is 11.5 Å². The van der Waals surface area contributed by atoms with Crippen LogP contribution in [0.2, 0.25) is 0 Å². The fourth-order valence-electron chi connectivity index (χ4n) is 3.67. The molecular weight excluding hydrogens is 358 g/mol. The number of aromatic amines is 1. The summed E-state index contributed by atoms with van der Waals surface area (Å²) in [7, 11) is 3.18. The molecule has 0 radical (unpaired) electrons. The smallest absolute Gasteiger partial charge is 0.355 e. The minimum Gasteiger partial charge on any atom is -0.493 e. The lowest BCUT2D eigenvalue weighted by Crippen LogP contribution is -2.18. The molecule has 1 aliphatic rings. The molecule has 0 saturated carbocycles. The zero-order valence-electron chi connectivity index (χ0n) is 16.6. The Morgan fingerprint density at radius 2 is 1.96 bits per heavy atom. The maximum atomic E-state index is 12.8. The van der Waals surface area contributed by atoms with E-state index in [0.29, 0.717) is 41.2 Å². The molecule has 0 bridgehead atoms. The second-order valence-electron chi connectivity index (χ2n) is 6.79. The van der Waals surface area contributed by atoms with Crippen molar-refractivity contribution in [1.29, 1.82) is 0 Å². The molecule has 6 heteroatoms. The molecule has 0 spiro atoms. The summed E-state index contributed by atoms with van der Waals surface area (Å²) in [4.78, 5) is 28.3. The van der Waals surface area contributed by atoms with Gasteiger partial charge in [0.2, 0.25) is 0 Å². The van der Waals surface area contributed by atoms with Crippen molar-refractivity contribution in [1.82, 2.24) is 4.98 Å². The molecule has 1 aromatic carbocycles. The van der Waals surface area contributed by atoms with Gasteiger partial charge in [-0.15, -0.1) is 0 Å². The van der Waals surface area contributed by atoms with Crippen LogP contribution in [0.25, 0.3) is 0 Å². The molecule has 3 rings (SSSR count). The lowest BCUT2D eigenvalue weighted by Gasteiger charge is -2.23. The number of methoxy groups -OCH3 is 2. The monoisotopic (exact) mass is 383 g/mol. The predicted octanol–water partition coefficient (Wildman–Crippen LogP) is 3.99. The summed E-state index contributed by atoms with van der Waals surface area (Å²) in [5, 5.41) is 0. The van der Waals surface area contributed by atoms with Crippen molar-refractivity contribution >= 4 is 11.8 Å². The normalized spacial score (nSPS) is 16.1. The van der Waals surface area contributed by atoms with Crippen LogP contribution in [0, 0.1) is 6.92 Å². The van der Waals surface area contributed by atoms with Gasteiger partial charge < -0.3 is 19.2 Å². The van der Waals surface area contributed by atoms with Crippen LogP contribution < -0.4 is 9.47 Å². The summed E-state index contributed by atoms with van der Waals surface area (Å²) in [6.07, 6.45) is 4.60. The van der Waals surface area contributed by atoms with Gasteiger partial charge in [0.15, 0.2) is 17.3 Å². The number of benzene rings is 1. The molecule has 1 N–H and O–H groups in total. The van der Waals surface area contributed by atoms with E-state index in [1.807, 2.05) is 31.2 Å². The first kappa shape index (κ1) is 19.7. The maximum Gasteiger partial charge on any atom is 0.355 e. The first-order valence-corrected chi connectivity index (χ1v) is 9.25. The number of hydrogen-bond acceptors (Lipinski definition) is 5. The van der Waals surface area contributed by atoms with Gasteiger partial charge in [0.25, 0.3) is 0 Å². The zero-order valence-corrected chi connectivity index (χ0v) is 16.6. The van der Waals surface area contributed by atoms with E-state index in [9.17, 15) is 9.59 Å². The van der Waals surface area contributed by atoms with Gasteiger partial charge in [-0.2, -0.15) is 0 Å². The maximum absolute atomic E-state index is 12.8. The first-order chi connectivity index (χ1) is 13.5. The number of esters is 1. The number of rotatable bonds is 6. The van der Waals surface area contributed by atoms with Crippen molar-refractivity contribution in [3.05, 3.63) is 58.4 Å². The molecule has 1 aliphatic carbocycles. The third kappa shape index (κ3) is 3.67. The van der Waals surface area contributed by atoms with Gasteiger partial charge in [-0.25, -0.2) is 4.79 Å². The van der Waals surface area contributed by atoms with Crippen LogP contribution in [0.3, 0.4) is 0 Å². The largest absolute Gasteiger partial charge is 0.493 e. The topological polar surface area (TPSA) is 77.6 Å². The Bertz CT molecular complexity index is 925. The zero-order chi connectivity index (χ0) is 20.3. The summed E-state index contributed by atoms with van der Waals surface area (Å²) in [6.45, 7) is 3.86. The van der Waals surface area contributed by atoms with Crippen LogP contribution in [0.15, 0.2) is 30.4 Å². The minimum atomic E-state index is -0.444. The van der Waals surface area contributed by atoms with Crippen molar-refractivity contribution in [2.45, 2.75) is 32.6 Å².